The Labute approximate surface area is 174 Å². The molecule has 30 heavy (non-hydrogen) atoms. The minimum Gasteiger partial charge on any atom is -0.323 e. The maximum Gasteiger partial charge on any atom is 0.227 e. The van der Waals surface area contributed by atoms with Gasteiger partial charge in [-0.05, 0) is 36.8 Å². The first-order valence-electron chi connectivity index (χ1n) is 10.2. The third-order valence-corrected chi connectivity index (χ3v) is 5.78. The second kappa shape index (κ2) is 7.41. The van der Waals surface area contributed by atoms with Crippen LogP contribution < -0.4 is 4.90 Å². The number of carbonyl (C=O) groups excluding carboxylic acids is 1. The van der Waals surface area contributed by atoms with Crippen LogP contribution in [0.5, 0.6) is 0 Å². The number of imidazole rings is 1. The summed E-state index contributed by atoms with van der Waals surface area (Å²) in [6.45, 7) is 3.18. The van der Waals surface area contributed by atoms with Crippen LogP contribution in [0, 0.1) is 12.7 Å². The summed E-state index contributed by atoms with van der Waals surface area (Å²) >= 11 is 0. The van der Waals surface area contributed by atoms with E-state index in [0.717, 1.165) is 16.9 Å². The molecule has 5 heteroatoms. The molecule has 1 unspecified atom stereocenters. The molecule has 1 atom stereocenters. The minimum absolute atomic E-state index is 0.0703. The average Bonchev–Trinajstić information content (AvgIpc) is 3.31. The third kappa shape index (κ3) is 3.26. The second-order valence-corrected chi connectivity index (χ2v) is 7.89. The molecular weight excluding hydrogens is 377 g/mol. The van der Waals surface area contributed by atoms with Crippen molar-refractivity contribution in [3.8, 4) is 0 Å². The highest BCUT2D eigenvalue weighted by atomic mass is 19.1. The fraction of sp³-hybridized carbons (Fsp3) is 0.200. The molecule has 1 saturated heterocycles. The fourth-order valence-electron chi connectivity index (χ4n) is 4.23. The van der Waals surface area contributed by atoms with E-state index in [-0.39, 0.29) is 17.6 Å². The number of rotatable bonds is 4. The van der Waals surface area contributed by atoms with Gasteiger partial charge in [0.1, 0.15) is 11.6 Å². The lowest BCUT2D eigenvalue weighted by atomic mass is 10.1. The van der Waals surface area contributed by atoms with E-state index in [1.807, 2.05) is 18.2 Å². The van der Waals surface area contributed by atoms with Gasteiger partial charge in [-0.3, -0.25) is 4.79 Å². The lowest BCUT2D eigenvalue weighted by Gasteiger charge is -2.18. The van der Waals surface area contributed by atoms with Gasteiger partial charge in [-0.1, -0.05) is 54.1 Å². The predicted molar refractivity (Wildman–Crippen MR) is 116 cm³/mol. The van der Waals surface area contributed by atoms with Crippen LogP contribution in [-0.2, 0) is 11.3 Å². The lowest BCUT2D eigenvalue weighted by Crippen LogP contribution is -2.25. The van der Waals surface area contributed by atoms with E-state index in [2.05, 4.69) is 41.8 Å². The average molecular weight is 399 g/mol. The van der Waals surface area contributed by atoms with Crippen LogP contribution in [0.4, 0.5) is 10.1 Å². The van der Waals surface area contributed by atoms with Crippen molar-refractivity contribution in [2.45, 2.75) is 25.8 Å². The molecule has 4 nitrogen and oxygen atoms in total. The molecule has 0 radical (unpaired) electrons. The number of halogens is 1. The van der Waals surface area contributed by atoms with Crippen LogP contribution in [-0.4, -0.2) is 22.0 Å². The number of hydrogen-bond acceptors (Lipinski definition) is 2. The molecule has 0 saturated carbocycles. The first kappa shape index (κ1) is 18.6. The van der Waals surface area contributed by atoms with Crippen molar-refractivity contribution in [2.75, 3.05) is 11.4 Å². The monoisotopic (exact) mass is 399 g/mol. The molecule has 0 aliphatic carbocycles. The molecule has 4 aromatic rings. The number of para-hydroxylation sites is 3. The van der Waals surface area contributed by atoms with Gasteiger partial charge in [0.05, 0.1) is 16.7 Å². The zero-order valence-electron chi connectivity index (χ0n) is 16.8. The molecular formula is C25H22FN3O. The van der Waals surface area contributed by atoms with Gasteiger partial charge in [0.15, 0.2) is 0 Å². The summed E-state index contributed by atoms with van der Waals surface area (Å²) in [5.41, 5.74) is 4.70. The predicted octanol–water partition coefficient (Wildman–Crippen LogP) is 5.05. The second-order valence-electron chi connectivity index (χ2n) is 7.89. The third-order valence-electron chi connectivity index (χ3n) is 5.78. The van der Waals surface area contributed by atoms with E-state index in [0.29, 0.717) is 25.2 Å². The quantitative estimate of drug-likeness (QED) is 0.481. The number of aromatic nitrogens is 2. The van der Waals surface area contributed by atoms with E-state index in [9.17, 15) is 9.18 Å². The lowest BCUT2D eigenvalue weighted by molar-refractivity contribution is -0.117. The van der Waals surface area contributed by atoms with Crippen LogP contribution in [0.25, 0.3) is 11.0 Å². The molecule has 1 aliphatic heterocycles. The SMILES string of the molecule is Cc1ccc(Cn2c(C3CC(=O)N(c4ccccc4F)C3)nc3ccccc32)cc1. The number of fused-ring (bicyclic) bond motifs is 1. The molecule has 0 spiro atoms. The Bertz CT molecular complexity index is 1230. The molecule has 1 aromatic heterocycles. The maximum absolute atomic E-state index is 14.3. The summed E-state index contributed by atoms with van der Waals surface area (Å²) in [4.78, 5) is 19.2. The maximum atomic E-state index is 14.3. The highest BCUT2D eigenvalue weighted by molar-refractivity contribution is 5.96. The molecule has 0 bridgehead atoms. The van der Waals surface area contributed by atoms with Gasteiger partial charge in [-0.15, -0.1) is 0 Å². The normalized spacial score (nSPS) is 16.5. The van der Waals surface area contributed by atoms with Crippen molar-refractivity contribution in [1.82, 2.24) is 9.55 Å². The fourth-order valence-corrected chi connectivity index (χ4v) is 4.23. The van der Waals surface area contributed by atoms with Crippen LogP contribution in [0.15, 0.2) is 72.8 Å². The number of benzene rings is 3. The van der Waals surface area contributed by atoms with Gasteiger partial charge >= 0.3 is 0 Å². The minimum atomic E-state index is -0.375. The van der Waals surface area contributed by atoms with Crippen molar-refractivity contribution in [3.05, 3.63) is 95.6 Å². The largest absolute Gasteiger partial charge is 0.323 e. The Morgan fingerprint density at radius 1 is 1.00 bits per heavy atom. The van der Waals surface area contributed by atoms with Gasteiger partial charge in [0.25, 0.3) is 0 Å². The zero-order chi connectivity index (χ0) is 20.7. The Morgan fingerprint density at radius 2 is 1.73 bits per heavy atom. The van der Waals surface area contributed by atoms with Gasteiger partial charge in [-0.2, -0.15) is 0 Å². The summed E-state index contributed by atoms with van der Waals surface area (Å²) in [5.74, 6) is 0.345. The van der Waals surface area contributed by atoms with Crippen LogP contribution in [0.3, 0.4) is 0 Å². The molecule has 1 aliphatic rings. The van der Waals surface area contributed by atoms with Crippen molar-refractivity contribution < 1.29 is 9.18 Å². The Morgan fingerprint density at radius 3 is 2.53 bits per heavy atom. The Hall–Kier alpha value is -3.47. The topological polar surface area (TPSA) is 38.1 Å². The summed E-state index contributed by atoms with van der Waals surface area (Å²) in [6, 6.07) is 22.9. The van der Waals surface area contributed by atoms with Gasteiger partial charge in [0.2, 0.25) is 5.91 Å². The van der Waals surface area contributed by atoms with E-state index < -0.39 is 0 Å². The van der Waals surface area contributed by atoms with E-state index in [4.69, 9.17) is 4.98 Å². The number of carbonyl (C=O) groups is 1. The molecule has 2 heterocycles. The zero-order valence-corrected chi connectivity index (χ0v) is 16.8. The molecule has 3 aromatic carbocycles. The Balaban J connectivity index is 1.53. The highest BCUT2D eigenvalue weighted by Crippen LogP contribution is 2.34. The molecule has 150 valence electrons. The van der Waals surface area contributed by atoms with Crippen LogP contribution in [0.2, 0.25) is 0 Å². The van der Waals surface area contributed by atoms with Crippen molar-refractivity contribution in [3.63, 3.8) is 0 Å². The number of nitrogens with zero attached hydrogens (tertiary/aromatic N) is 3. The summed E-state index contributed by atoms with van der Waals surface area (Å²) in [5, 5.41) is 0. The van der Waals surface area contributed by atoms with Gasteiger partial charge in [-0.25, -0.2) is 9.37 Å². The van der Waals surface area contributed by atoms with Crippen molar-refractivity contribution in [1.29, 1.82) is 0 Å². The Kier molecular flexibility index (Phi) is 4.58. The molecule has 5 rings (SSSR count). The summed E-state index contributed by atoms with van der Waals surface area (Å²) in [7, 11) is 0. The summed E-state index contributed by atoms with van der Waals surface area (Å²) < 4.78 is 16.5. The molecule has 1 amide bonds. The van der Waals surface area contributed by atoms with Crippen LogP contribution in [0.1, 0.15) is 29.3 Å². The van der Waals surface area contributed by atoms with E-state index in [1.54, 1.807) is 23.1 Å². The van der Waals surface area contributed by atoms with Gasteiger partial charge < -0.3 is 9.47 Å². The first-order chi connectivity index (χ1) is 14.6. The van der Waals surface area contributed by atoms with Crippen LogP contribution >= 0.6 is 0 Å². The number of aryl methyl sites for hydroxylation is 1. The summed E-state index contributed by atoms with van der Waals surface area (Å²) in [6.07, 6.45) is 0.325. The first-order valence-corrected chi connectivity index (χ1v) is 10.2. The van der Waals surface area contributed by atoms with E-state index >= 15 is 0 Å². The number of anilines is 1. The molecule has 0 N–H and O–H groups in total. The number of hydrogen-bond donors (Lipinski definition) is 0. The number of amides is 1. The highest BCUT2D eigenvalue weighted by Gasteiger charge is 2.35. The van der Waals surface area contributed by atoms with Crippen molar-refractivity contribution in [2.24, 2.45) is 0 Å². The standard InChI is InChI=1S/C25H22FN3O/c1-17-10-12-18(13-11-17)15-29-23-9-5-3-7-21(23)27-25(29)19-14-24(30)28(16-19)22-8-4-2-6-20(22)26/h2-13,19H,14-16H2,1H3. The van der Waals surface area contributed by atoms with E-state index in [1.165, 1.54) is 17.2 Å². The molecule has 1 fully saturated rings. The smallest absolute Gasteiger partial charge is 0.227 e. The van der Waals surface area contributed by atoms with Gasteiger partial charge in [0, 0.05) is 25.4 Å². The van der Waals surface area contributed by atoms with Crippen molar-refractivity contribution >= 4 is 22.6 Å².